The Balaban J connectivity index is 1.79. The molecule has 1 heterocycles. The molecule has 1 aliphatic rings. The Morgan fingerprint density at radius 3 is 2.59 bits per heavy atom. The number of ether oxygens (including phenoxy) is 1. The van der Waals surface area contributed by atoms with Gasteiger partial charge in [0.1, 0.15) is 5.75 Å². The fraction of sp³-hybridized carbons (Fsp3) is 0.286. The number of thioether (sulfide) groups is 1. The van der Waals surface area contributed by atoms with E-state index in [0.717, 1.165) is 28.9 Å². The zero-order chi connectivity index (χ0) is 19.2. The maximum Gasteiger partial charge on any atom is 0.242 e. The third-order valence-corrected chi connectivity index (χ3v) is 5.78. The van der Waals surface area contributed by atoms with Crippen molar-refractivity contribution in [3.8, 4) is 5.75 Å². The fourth-order valence-corrected chi connectivity index (χ4v) is 3.81. The smallest absolute Gasteiger partial charge is 0.242 e. The van der Waals surface area contributed by atoms with Gasteiger partial charge < -0.3 is 4.74 Å². The first kappa shape index (κ1) is 19.2. The van der Waals surface area contributed by atoms with Gasteiger partial charge in [-0.05, 0) is 54.3 Å². The van der Waals surface area contributed by atoms with Crippen molar-refractivity contribution in [2.24, 2.45) is 10.2 Å². The lowest BCUT2D eigenvalue weighted by atomic mass is 10.1. The number of nitrogens with zero attached hydrogens (tertiary/aromatic N) is 3. The minimum atomic E-state index is -0.0936. The van der Waals surface area contributed by atoms with Gasteiger partial charge in [-0.15, -0.1) is 5.10 Å². The first-order chi connectivity index (χ1) is 13.1. The molecular formula is C21H23N3O2S. The van der Waals surface area contributed by atoms with Crippen LogP contribution in [0.5, 0.6) is 5.75 Å². The van der Waals surface area contributed by atoms with Crippen LogP contribution < -0.4 is 4.74 Å². The highest BCUT2D eigenvalue weighted by Crippen LogP contribution is 2.31. The van der Waals surface area contributed by atoms with E-state index < -0.39 is 0 Å². The molecular weight excluding hydrogens is 358 g/mol. The van der Waals surface area contributed by atoms with E-state index in [1.807, 2.05) is 49.4 Å². The van der Waals surface area contributed by atoms with Crippen molar-refractivity contribution in [2.75, 3.05) is 7.11 Å². The van der Waals surface area contributed by atoms with Crippen LogP contribution in [-0.4, -0.2) is 34.5 Å². The van der Waals surface area contributed by atoms with Crippen molar-refractivity contribution in [1.29, 1.82) is 0 Å². The minimum Gasteiger partial charge on any atom is -0.497 e. The van der Waals surface area contributed by atoms with E-state index in [4.69, 9.17) is 4.74 Å². The van der Waals surface area contributed by atoms with E-state index in [2.05, 4.69) is 23.2 Å². The topological polar surface area (TPSA) is 54.3 Å². The highest BCUT2D eigenvalue weighted by atomic mass is 32.2. The standard InChI is InChI=1S/C21H23N3O2S/c1-4-19-20(25)24(14-17-8-6-5-7-15(17)2)21(27-19)23-22-13-16-9-11-18(26-3)12-10-16/h5-13,19H,4,14H2,1-3H3/b22-13+,23-21+. The normalized spacial score (nSPS) is 18.6. The van der Waals surface area contributed by atoms with Crippen LogP contribution in [-0.2, 0) is 11.3 Å². The van der Waals surface area contributed by atoms with Crippen LogP contribution in [0.1, 0.15) is 30.0 Å². The summed E-state index contributed by atoms with van der Waals surface area (Å²) in [7, 11) is 1.64. The first-order valence-corrected chi connectivity index (χ1v) is 9.78. The van der Waals surface area contributed by atoms with Crippen molar-refractivity contribution < 1.29 is 9.53 Å². The number of carbonyl (C=O) groups is 1. The molecule has 0 bridgehead atoms. The second-order valence-corrected chi connectivity index (χ2v) is 7.44. The predicted molar refractivity (Wildman–Crippen MR) is 111 cm³/mol. The van der Waals surface area contributed by atoms with E-state index in [1.165, 1.54) is 11.8 Å². The van der Waals surface area contributed by atoms with Crippen LogP contribution in [0.15, 0.2) is 58.7 Å². The van der Waals surface area contributed by atoms with Crippen LogP contribution in [0.4, 0.5) is 0 Å². The third kappa shape index (κ3) is 4.57. The Bertz CT molecular complexity index is 862. The number of aryl methyl sites for hydroxylation is 1. The molecule has 3 rings (SSSR count). The van der Waals surface area contributed by atoms with Crippen LogP contribution in [0.2, 0.25) is 0 Å². The molecule has 2 aromatic carbocycles. The molecule has 2 aromatic rings. The van der Waals surface area contributed by atoms with Crippen molar-refractivity contribution in [3.63, 3.8) is 0 Å². The number of hydrogen-bond donors (Lipinski definition) is 0. The van der Waals surface area contributed by atoms with Gasteiger partial charge in [-0.2, -0.15) is 5.10 Å². The van der Waals surface area contributed by atoms with Gasteiger partial charge in [0.2, 0.25) is 5.91 Å². The average Bonchev–Trinajstić information content (AvgIpc) is 2.99. The summed E-state index contributed by atoms with van der Waals surface area (Å²) in [5, 5.41) is 9.10. The molecule has 1 unspecified atom stereocenters. The molecule has 1 aliphatic heterocycles. The van der Waals surface area contributed by atoms with Gasteiger partial charge in [-0.25, -0.2) is 0 Å². The zero-order valence-corrected chi connectivity index (χ0v) is 16.6. The predicted octanol–water partition coefficient (Wildman–Crippen LogP) is 4.25. The summed E-state index contributed by atoms with van der Waals surface area (Å²) in [6.07, 6.45) is 2.46. The number of carbonyl (C=O) groups excluding carboxylic acids is 1. The lowest BCUT2D eigenvalue weighted by Crippen LogP contribution is -2.31. The molecule has 1 saturated heterocycles. The summed E-state index contributed by atoms with van der Waals surface area (Å²) in [5.41, 5.74) is 3.21. The maximum atomic E-state index is 12.7. The van der Waals surface area contributed by atoms with E-state index >= 15 is 0 Å². The molecule has 27 heavy (non-hydrogen) atoms. The van der Waals surface area contributed by atoms with E-state index in [-0.39, 0.29) is 11.2 Å². The van der Waals surface area contributed by atoms with Gasteiger partial charge in [-0.3, -0.25) is 9.69 Å². The monoisotopic (exact) mass is 381 g/mol. The Morgan fingerprint density at radius 1 is 1.19 bits per heavy atom. The molecule has 1 fully saturated rings. The minimum absolute atomic E-state index is 0.0936. The van der Waals surface area contributed by atoms with Crippen LogP contribution in [0, 0.1) is 6.92 Å². The molecule has 140 valence electrons. The van der Waals surface area contributed by atoms with Crippen molar-refractivity contribution >= 4 is 29.1 Å². The van der Waals surface area contributed by atoms with Gasteiger partial charge in [0.05, 0.1) is 25.1 Å². The highest BCUT2D eigenvalue weighted by molar-refractivity contribution is 8.15. The molecule has 0 saturated carbocycles. The first-order valence-electron chi connectivity index (χ1n) is 8.90. The molecule has 1 atom stereocenters. The lowest BCUT2D eigenvalue weighted by molar-refractivity contribution is -0.126. The Hall–Kier alpha value is -2.60. The second kappa shape index (κ2) is 8.86. The van der Waals surface area contributed by atoms with Gasteiger partial charge in [-0.1, -0.05) is 43.0 Å². The van der Waals surface area contributed by atoms with E-state index in [1.54, 1.807) is 18.2 Å². The number of amides is 1. The molecule has 6 heteroatoms. The van der Waals surface area contributed by atoms with Crippen LogP contribution >= 0.6 is 11.8 Å². The largest absolute Gasteiger partial charge is 0.497 e. The molecule has 5 nitrogen and oxygen atoms in total. The Kier molecular flexibility index (Phi) is 6.29. The summed E-state index contributed by atoms with van der Waals surface area (Å²) >= 11 is 1.49. The molecule has 0 N–H and O–H groups in total. The van der Waals surface area contributed by atoms with Gasteiger partial charge in [0.25, 0.3) is 0 Å². The van der Waals surface area contributed by atoms with Crippen molar-refractivity contribution in [3.05, 3.63) is 65.2 Å². The maximum absolute atomic E-state index is 12.7. The summed E-state index contributed by atoms with van der Waals surface area (Å²) in [6, 6.07) is 15.7. The summed E-state index contributed by atoms with van der Waals surface area (Å²) in [4.78, 5) is 14.5. The Labute approximate surface area is 164 Å². The quantitative estimate of drug-likeness (QED) is 0.555. The fourth-order valence-electron chi connectivity index (χ4n) is 2.78. The van der Waals surface area contributed by atoms with Crippen molar-refractivity contribution in [2.45, 2.75) is 32.1 Å². The summed E-state index contributed by atoms with van der Waals surface area (Å²) in [6.45, 7) is 4.59. The Morgan fingerprint density at radius 2 is 1.93 bits per heavy atom. The highest BCUT2D eigenvalue weighted by Gasteiger charge is 2.37. The molecule has 1 amide bonds. The van der Waals surface area contributed by atoms with E-state index in [9.17, 15) is 4.79 Å². The van der Waals surface area contributed by atoms with Crippen LogP contribution in [0.25, 0.3) is 0 Å². The van der Waals surface area contributed by atoms with E-state index in [0.29, 0.717) is 11.7 Å². The molecule has 0 radical (unpaired) electrons. The SMILES string of the molecule is CCC1S/C(=N/N=C/c2ccc(OC)cc2)N(Cc2ccccc2C)C1=O. The average molecular weight is 382 g/mol. The number of amidine groups is 1. The number of benzene rings is 2. The van der Waals surface area contributed by atoms with Gasteiger partial charge in [0.15, 0.2) is 5.17 Å². The number of rotatable bonds is 6. The van der Waals surface area contributed by atoms with Crippen molar-refractivity contribution in [1.82, 2.24) is 4.90 Å². The van der Waals surface area contributed by atoms with Gasteiger partial charge >= 0.3 is 0 Å². The van der Waals surface area contributed by atoms with Gasteiger partial charge in [0, 0.05) is 0 Å². The summed E-state index contributed by atoms with van der Waals surface area (Å²) < 4.78 is 5.15. The molecule has 0 aliphatic carbocycles. The second-order valence-electron chi connectivity index (χ2n) is 6.27. The third-order valence-electron chi connectivity index (χ3n) is 4.45. The van der Waals surface area contributed by atoms with Crippen LogP contribution in [0.3, 0.4) is 0 Å². The molecule has 0 aromatic heterocycles. The zero-order valence-electron chi connectivity index (χ0n) is 15.8. The lowest BCUT2D eigenvalue weighted by Gasteiger charge is -2.17. The summed E-state index contributed by atoms with van der Waals surface area (Å²) in [5.74, 6) is 0.898. The number of hydrogen-bond acceptors (Lipinski definition) is 5. The number of methoxy groups -OCH3 is 1. The molecule has 0 spiro atoms.